The molecule has 1 aliphatic rings. The second kappa shape index (κ2) is 7.26. The summed E-state index contributed by atoms with van der Waals surface area (Å²) in [6, 6.07) is 8.35. The Morgan fingerprint density at radius 3 is 2.63 bits per heavy atom. The number of morpholine rings is 1. The number of carbonyl (C=O) groups excluding carboxylic acids is 1. The van der Waals surface area contributed by atoms with Crippen molar-refractivity contribution in [2.75, 3.05) is 32.8 Å². The van der Waals surface area contributed by atoms with Crippen LogP contribution in [-0.2, 0) is 22.5 Å². The predicted octanol–water partition coefficient (Wildman–Crippen LogP) is 1.20. The summed E-state index contributed by atoms with van der Waals surface area (Å²) >= 11 is 0. The van der Waals surface area contributed by atoms with Gasteiger partial charge in [-0.15, -0.1) is 0 Å². The Labute approximate surface area is 114 Å². The molecule has 1 saturated heterocycles. The lowest BCUT2D eigenvalue weighted by atomic mass is 10.1. The largest absolute Gasteiger partial charge is 0.378 e. The molecule has 4 heteroatoms. The lowest BCUT2D eigenvalue weighted by Gasteiger charge is -2.27. The van der Waals surface area contributed by atoms with Crippen molar-refractivity contribution in [3.63, 3.8) is 0 Å². The first-order valence-electron chi connectivity index (χ1n) is 6.94. The highest BCUT2D eigenvalue weighted by Crippen LogP contribution is 2.08. The van der Waals surface area contributed by atoms with Crippen molar-refractivity contribution in [1.82, 2.24) is 10.2 Å². The Bertz CT molecular complexity index is 414. The molecule has 0 unspecified atom stereocenters. The van der Waals surface area contributed by atoms with Crippen molar-refractivity contribution in [3.05, 3.63) is 35.4 Å². The summed E-state index contributed by atoms with van der Waals surface area (Å²) in [5.41, 5.74) is 2.62. The maximum Gasteiger partial charge on any atom is 0.236 e. The molecule has 2 rings (SSSR count). The highest BCUT2D eigenvalue weighted by molar-refractivity contribution is 5.78. The molecule has 0 atom stereocenters. The third-order valence-electron chi connectivity index (χ3n) is 3.45. The zero-order valence-electron chi connectivity index (χ0n) is 11.5. The number of benzene rings is 1. The van der Waals surface area contributed by atoms with Crippen molar-refractivity contribution in [1.29, 1.82) is 0 Å². The monoisotopic (exact) mass is 262 g/mol. The van der Waals surface area contributed by atoms with Gasteiger partial charge >= 0.3 is 0 Å². The van der Waals surface area contributed by atoms with Crippen LogP contribution in [0.15, 0.2) is 24.3 Å². The first kappa shape index (κ1) is 14.0. The first-order valence-corrected chi connectivity index (χ1v) is 6.94. The summed E-state index contributed by atoms with van der Waals surface area (Å²) in [6.07, 6.45) is 1.02. The molecule has 1 N–H and O–H groups in total. The SMILES string of the molecule is CCc1ccccc1CNCC(=O)N1CCOCC1. The number of nitrogens with one attached hydrogen (secondary N) is 1. The Morgan fingerprint density at radius 1 is 1.26 bits per heavy atom. The van der Waals surface area contributed by atoms with Crippen LogP contribution in [0.4, 0.5) is 0 Å². The topological polar surface area (TPSA) is 41.6 Å². The van der Waals surface area contributed by atoms with Crippen molar-refractivity contribution in [2.24, 2.45) is 0 Å². The zero-order valence-corrected chi connectivity index (χ0v) is 11.5. The fourth-order valence-corrected chi connectivity index (χ4v) is 2.30. The number of nitrogens with zero attached hydrogens (tertiary/aromatic N) is 1. The maximum absolute atomic E-state index is 12.0. The number of ether oxygens (including phenoxy) is 1. The summed E-state index contributed by atoms with van der Waals surface area (Å²) in [6.45, 7) is 6.04. The maximum atomic E-state index is 12.0. The minimum atomic E-state index is 0.164. The van der Waals surface area contributed by atoms with Crippen molar-refractivity contribution in [2.45, 2.75) is 19.9 Å². The molecule has 104 valence electrons. The van der Waals surface area contributed by atoms with Gasteiger partial charge in [-0.2, -0.15) is 0 Å². The average Bonchev–Trinajstić information content (AvgIpc) is 2.48. The Balaban J connectivity index is 1.78. The Hall–Kier alpha value is -1.39. The molecule has 1 aromatic carbocycles. The summed E-state index contributed by atoms with van der Waals surface area (Å²) in [5.74, 6) is 0.164. The number of rotatable bonds is 5. The lowest BCUT2D eigenvalue weighted by Crippen LogP contribution is -2.44. The van der Waals surface area contributed by atoms with E-state index in [0.717, 1.165) is 13.0 Å². The second-order valence-corrected chi connectivity index (χ2v) is 4.72. The molecular formula is C15H22N2O2. The van der Waals surface area contributed by atoms with Gasteiger partial charge in [-0.3, -0.25) is 4.79 Å². The van der Waals surface area contributed by atoms with Crippen molar-refractivity contribution < 1.29 is 9.53 Å². The van der Waals surface area contributed by atoms with Gasteiger partial charge in [0.15, 0.2) is 0 Å². The summed E-state index contributed by atoms with van der Waals surface area (Å²) < 4.78 is 5.24. The Morgan fingerprint density at radius 2 is 1.95 bits per heavy atom. The van der Waals surface area contributed by atoms with Crippen LogP contribution in [0.25, 0.3) is 0 Å². The number of hydrogen-bond acceptors (Lipinski definition) is 3. The van der Waals surface area contributed by atoms with Crippen LogP contribution in [0.3, 0.4) is 0 Å². The summed E-state index contributed by atoms with van der Waals surface area (Å²) in [5, 5.41) is 3.24. The van der Waals surface area contributed by atoms with Crippen LogP contribution < -0.4 is 5.32 Å². The van der Waals surface area contributed by atoms with Crippen molar-refractivity contribution >= 4 is 5.91 Å². The zero-order chi connectivity index (χ0) is 13.5. The number of amides is 1. The molecule has 1 aliphatic heterocycles. The van der Waals surface area contributed by atoms with Crippen LogP contribution in [0.5, 0.6) is 0 Å². The minimum Gasteiger partial charge on any atom is -0.378 e. The molecule has 0 aromatic heterocycles. The van der Waals surface area contributed by atoms with E-state index in [2.05, 4.69) is 30.4 Å². The van der Waals surface area contributed by atoms with Gasteiger partial charge in [0, 0.05) is 19.6 Å². The highest BCUT2D eigenvalue weighted by Gasteiger charge is 2.15. The standard InChI is InChI=1S/C15H22N2O2/c1-2-13-5-3-4-6-14(13)11-16-12-15(18)17-7-9-19-10-8-17/h3-6,16H,2,7-12H2,1H3. The molecule has 1 fully saturated rings. The number of aryl methyl sites for hydroxylation is 1. The van der Waals surface area contributed by atoms with E-state index in [1.807, 2.05) is 11.0 Å². The molecule has 0 spiro atoms. The van der Waals surface area contributed by atoms with E-state index < -0.39 is 0 Å². The minimum absolute atomic E-state index is 0.164. The van der Waals surface area contributed by atoms with Crippen LogP contribution >= 0.6 is 0 Å². The summed E-state index contributed by atoms with van der Waals surface area (Å²) in [4.78, 5) is 13.8. The Kier molecular flexibility index (Phi) is 5.36. The average molecular weight is 262 g/mol. The molecule has 0 aliphatic carbocycles. The van der Waals surface area contributed by atoms with Gasteiger partial charge in [0.1, 0.15) is 0 Å². The third-order valence-corrected chi connectivity index (χ3v) is 3.45. The quantitative estimate of drug-likeness (QED) is 0.867. The molecule has 4 nitrogen and oxygen atoms in total. The molecular weight excluding hydrogens is 240 g/mol. The highest BCUT2D eigenvalue weighted by atomic mass is 16.5. The smallest absolute Gasteiger partial charge is 0.236 e. The van der Waals surface area contributed by atoms with Gasteiger partial charge in [0.25, 0.3) is 0 Å². The van der Waals surface area contributed by atoms with E-state index >= 15 is 0 Å². The number of carbonyl (C=O) groups is 1. The van der Waals surface area contributed by atoms with Gasteiger partial charge < -0.3 is 15.0 Å². The van der Waals surface area contributed by atoms with Gasteiger partial charge in [-0.05, 0) is 17.5 Å². The molecule has 1 heterocycles. The van der Waals surface area contributed by atoms with E-state index in [-0.39, 0.29) is 5.91 Å². The first-order chi connectivity index (χ1) is 9.31. The van der Waals surface area contributed by atoms with E-state index in [1.165, 1.54) is 11.1 Å². The van der Waals surface area contributed by atoms with Gasteiger partial charge in [-0.25, -0.2) is 0 Å². The molecule has 1 amide bonds. The van der Waals surface area contributed by atoms with Crippen LogP contribution in [-0.4, -0.2) is 43.7 Å². The van der Waals surface area contributed by atoms with E-state index in [4.69, 9.17) is 4.74 Å². The number of hydrogen-bond donors (Lipinski definition) is 1. The molecule has 0 radical (unpaired) electrons. The van der Waals surface area contributed by atoms with Crippen LogP contribution in [0, 0.1) is 0 Å². The van der Waals surface area contributed by atoms with Gasteiger partial charge in [0.2, 0.25) is 5.91 Å². The molecule has 0 saturated carbocycles. The molecule has 0 bridgehead atoms. The van der Waals surface area contributed by atoms with E-state index in [1.54, 1.807) is 0 Å². The van der Waals surface area contributed by atoms with Crippen LogP contribution in [0.1, 0.15) is 18.1 Å². The fourth-order valence-electron chi connectivity index (χ4n) is 2.30. The van der Waals surface area contributed by atoms with Gasteiger partial charge in [0.05, 0.1) is 19.8 Å². The molecule has 1 aromatic rings. The summed E-state index contributed by atoms with van der Waals surface area (Å²) in [7, 11) is 0. The second-order valence-electron chi connectivity index (χ2n) is 4.72. The predicted molar refractivity (Wildman–Crippen MR) is 74.9 cm³/mol. The lowest BCUT2D eigenvalue weighted by molar-refractivity contribution is -0.134. The van der Waals surface area contributed by atoms with Crippen LogP contribution in [0.2, 0.25) is 0 Å². The van der Waals surface area contributed by atoms with Crippen molar-refractivity contribution in [3.8, 4) is 0 Å². The third kappa shape index (κ3) is 4.04. The van der Waals surface area contributed by atoms with E-state index in [9.17, 15) is 4.79 Å². The van der Waals surface area contributed by atoms with E-state index in [0.29, 0.717) is 32.8 Å². The molecule has 19 heavy (non-hydrogen) atoms. The van der Waals surface area contributed by atoms with Gasteiger partial charge in [-0.1, -0.05) is 31.2 Å². The normalized spacial score (nSPS) is 15.5. The fraction of sp³-hybridized carbons (Fsp3) is 0.533.